The second-order valence-electron chi connectivity index (χ2n) is 5.85. The van der Waals surface area contributed by atoms with Crippen LogP contribution in [0.4, 0.5) is 18.9 Å². The first kappa shape index (κ1) is 19.5. The van der Waals surface area contributed by atoms with Crippen LogP contribution in [-0.2, 0) is 20.8 Å². The first-order valence-electron chi connectivity index (χ1n) is 7.85. The number of halogens is 3. The highest BCUT2D eigenvalue weighted by Crippen LogP contribution is 2.21. The van der Waals surface area contributed by atoms with Crippen LogP contribution in [0.5, 0.6) is 0 Å². The van der Waals surface area contributed by atoms with Gasteiger partial charge in [-0.25, -0.2) is 0 Å². The number of hydrogen-bond acceptors (Lipinski definition) is 3. The molecule has 2 rings (SSSR count). The molecule has 1 unspecified atom stereocenters. The average Bonchev–Trinajstić information content (AvgIpc) is 2.86. The number of carbonyl (C=O) groups is 3. The van der Waals surface area contributed by atoms with Gasteiger partial charge in [-0.1, -0.05) is 18.7 Å². The number of rotatable bonds is 6. The van der Waals surface area contributed by atoms with Crippen LogP contribution in [0.1, 0.15) is 12.0 Å². The molecule has 0 aromatic heterocycles. The van der Waals surface area contributed by atoms with Crippen molar-refractivity contribution in [3.05, 3.63) is 42.5 Å². The van der Waals surface area contributed by atoms with Gasteiger partial charge in [-0.05, 0) is 30.2 Å². The molecule has 1 heterocycles. The highest BCUT2D eigenvalue weighted by molar-refractivity contribution is 5.99. The molecule has 6 nitrogen and oxygen atoms in total. The molecule has 1 aliphatic heterocycles. The van der Waals surface area contributed by atoms with E-state index in [-0.39, 0.29) is 19.4 Å². The summed E-state index contributed by atoms with van der Waals surface area (Å²) in [6.07, 6.45) is -3.29. The molecule has 1 aromatic carbocycles. The van der Waals surface area contributed by atoms with E-state index in [9.17, 15) is 27.6 Å². The van der Waals surface area contributed by atoms with Crippen LogP contribution in [0.25, 0.3) is 0 Å². The predicted molar refractivity (Wildman–Crippen MR) is 88.2 cm³/mol. The third kappa shape index (κ3) is 5.61. The van der Waals surface area contributed by atoms with E-state index in [0.29, 0.717) is 16.2 Å². The highest BCUT2D eigenvalue weighted by Gasteiger charge is 2.39. The van der Waals surface area contributed by atoms with Crippen LogP contribution >= 0.6 is 0 Å². The van der Waals surface area contributed by atoms with E-state index in [1.165, 1.54) is 0 Å². The van der Waals surface area contributed by atoms with Gasteiger partial charge in [0.15, 0.2) is 0 Å². The maximum atomic E-state index is 12.4. The van der Waals surface area contributed by atoms with Gasteiger partial charge in [0.2, 0.25) is 17.7 Å². The molecule has 0 bridgehead atoms. The number of amides is 3. The quantitative estimate of drug-likeness (QED) is 0.749. The van der Waals surface area contributed by atoms with Gasteiger partial charge in [0, 0.05) is 12.2 Å². The van der Waals surface area contributed by atoms with Crippen LogP contribution in [-0.4, -0.2) is 47.9 Å². The fourth-order valence-electron chi connectivity index (χ4n) is 2.63. The van der Waals surface area contributed by atoms with Crippen LogP contribution in [0.3, 0.4) is 0 Å². The molecule has 2 N–H and O–H groups in total. The summed E-state index contributed by atoms with van der Waals surface area (Å²) < 4.78 is 37.2. The van der Waals surface area contributed by atoms with Gasteiger partial charge in [-0.3, -0.25) is 14.4 Å². The molecule has 1 fully saturated rings. The van der Waals surface area contributed by atoms with Crippen molar-refractivity contribution >= 4 is 23.4 Å². The molecule has 9 heteroatoms. The Morgan fingerprint density at radius 3 is 2.73 bits per heavy atom. The fraction of sp³-hybridized carbons (Fsp3) is 0.353. The lowest BCUT2D eigenvalue weighted by atomic mass is 10.1. The Morgan fingerprint density at radius 1 is 1.35 bits per heavy atom. The van der Waals surface area contributed by atoms with Crippen molar-refractivity contribution < 1.29 is 27.6 Å². The van der Waals surface area contributed by atoms with E-state index in [2.05, 4.69) is 17.2 Å². The molecule has 140 valence electrons. The van der Waals surface area contributed by atoms with Crippen LogP contribution in [0.15, 0.2) is 36.9 Å². The van der Waals surface area contributed by atoms with Gasteiger partial charge < -0.3 is 15.5 Å². The van der Waals surface area contributed by atoms with Gasteiger partial charge in [-0.2, -0.15) is 13.2 Å². The minimum atomic E-state index is -4.47. The number of anilines is 1. The van der Waals surface area contributed by atoms with Gasteiger partial charge in [0.1, 0.15) is 12.6 Å². The van der Waals surface area contributed by atoms with Crippen molar-refractivity contribution in [3.63, 3.8) is 0 Å². The third-order valence-electron chi connectivity index (χ3n) is 3.75. The van der Waals surface area contributed by atoms with E-state index in [1.807, 2.05) is 0 Å². The molecule has 1 saturated heterocycles. The molecule has 1 aliphatic rings. The fourth-order valence-corrected chi connectivity index (χ4v) is 2.63. The molecule has 1 aromatic rings. The number of nitrogens with zero attached hydrogens (tertiary/aromatic N) is 1. The standard InChI is InChI=1S/C17H18F3N3O3/c1-2-14(24)21-12-5-3-4-11(8-12)9-15(25)22-13-6-7-23(16(13)26)10-17(18,19)20/h2-5,8,13H,1,6-7,9-10H2,(H,21,24)(H,22,25). The molecule has 0 radical (unpaired) electrons. The Hall–Kier alpha value is -2.84. The van der Waals surface area contributed by atoms with E-state index in [4.69, 9.17) is 0 Å². The second-order valence-corrected chi connectivity index (χ2v) is 5.85. The summed E-state index contributed by atoms with van der Waals surface area (Å²) in [6.45, 7) is 1.97. The molecule has 0 aliphatic carbocycles. The Balaban J connectivity index is 1.91. The molecule has 1 atom stereocenters. The van der Waals surface area contributed by atoms with Gasteiger partial charge in [0.05, 0.1) is 6.42 Å². The zero-order valence-electron chi connectivity index (χ0n) is 13.8. The topological polar surface area (TPSA) is 78.5 Å². The number of alkyl halides is 3. The summed E-state index contributed by atoms with van der Waals surface area (Å²) in [5.41, 5.74) is 1.07. The van der Waals surface area contributed by atoms with Crippen molar-refractivity contribution in [2.45, 2.75) is 25.1 Å². The van der Waals surface area contributed by atoms with Crippen molar-refractivity contribution in [1.29, 1.82) is 0 Å². The van der Waals surface area contributed by atoms with Crippen molar-refractivity contribution in [3.8, 4) is 0 Å². The Morgan fingerprint density at radius 2 is 2.08 bits per heavy atom. The molecule has 0 spiro atoms. The van der Waals surface area contributed by atoms with E-state index in [1.54, 1.807) is 24.3 Å². The summed E-state index contributed by atoms with van der Waals surface area (Å²) in [4.78, 5) is 36.0. The number of likely N-dealkylation sites (tertiary alicyclic amines) is 1. The smallest absolute Gasteiger partial charge is 0.344 e. The van der Waals surface area contributed by atoms with Crippen LogP contribution in [0, 0.1) is 0 Å². The molecule has 26 heavy (non-hydrogen) atoms. The first-order chi connectivity index (χ1) is 12.2. The van der Waals surface area contributed by atoms with Crippen LogP contribution in [0.2, 0.25) is 0 Å². The third-order valence-corrected chi connectivity index (χ3v) is 3.75. The number of hydrogen-bond donors (Lipinski definition) is 2. The monoisotopic (exact) mass is 369 g/mol. The minimum absolute atomic E-state index is 0.0492. The Labute approximate surface area is 148 Å². The van der Waals surface area contributed by atoms with Crippen molar-refractivity contribution in [2.24, 2.45) is 0 Å². The number of carbonyl (C=O) groups excluding carboxylic acids is 3. The van der Waals surface area contributed by atoms with Crippen molar-refractivity contribution in [1.82, 2.24) is 10.2 Å². The number of nitrogens with one attached hydrogen (secondary N) is 2. The number of benzene rings is 1. The van der Waals surface area contributed by atoms with Gasteiger partial charge in [-0.15, -0.1) is 0 Å². The summed E-state index contributed by atoms with van der Waals surface area (Å²) >= 11 is 0. The lowest BCUT2D eigenvalue weighted by Gasteiger charge is -2.18. The second kappa shape index (κ2) is 8.03. The van der Waals surface area contributed by atoms with E-state index in [0.717, 1.165) is 6.08 Å². The minimum Gasteiger partial charge on any atom is -0.344 e. The summed E-state index contributed by atoms with van der Waals surface area (Å²) in [5, 5.41) is 5.02. The van der Waals surface area contributed by atoms with E-state index >= 15 is 0 Å². The molecule has 3 amide bonds. The summed E-state index contributed by atoms with van der Waals surface area (Å²) in [6, 6.07) is 5.59. The first-order valence-corrected chi connectivity index (χ1v) is 7.85. The van der Waals surface area contributed by atoms with Crippen molar-refractivity contribution in [2.75, 3.05) is 18.4 Å². The Kier molecular flexibility index (Phi) is 6.01. The zero-order chi connectivity index (χ0) is 19.3. The largest absolute Gasteiger partial charge is 0.406 e. The highest BCUT2D eigenvalue weighted by atomic mass is 19.4. The van der Waals surface area contributed by atoms with E-state index < -0.39 is 36.5 Å². The summed E-state index contributed by atoms with van der Waals surface area (Å²) in [7, 11) is 0. The normalized spacial score (nSPS) is 17.1. The molecular weight excluding hydrogens is 351 g/mol. The lowest BCUT2D eigenvalue weighted by Crippen LogP contribution is -2.44. The lowest BCUT2D eigenvalue weighted by molar-refractivity contribution is -0.158. The zero-order valence-corrected chi connectivity index (χ0v) is 13.8. The average molecular weight is 369 g/mol. The summed E-state index contributed by atoms with van der Waals surface area (Å²) in [5.74, 6) is -1.61. The van der Waals surface area contributed by atoms with Gasteiger partial charge >= 0.3 is 6.18 Å². The predicted octanol–water partition coefficient (Wildman–Crippen LogP) is 1.63. The molecular formula is C17H18F3N3O3. The molecule has 0 saturated carbocycles. The van der Waals surface area contributed by atoms with Crippen LogP contribution < -0.4 is 10.6 Å². The maximum absolute atomic E-state index is 12.4. The maximum Gasteiger partial charge on any atom is 0.406 e. The van der Waals surface area contributed by atoms with Gasteiger partial charge in [0.25, 0.3) is 0 Å². The Bertz CT molecular complexity index is 719. The SMILES string of the molecule is C=CC(=O)Nc1cccc(CC(=O)NC2CCN(CC(F)(F)F)C2=O)c1.